The first-order valence-electron chi connectivity index (χ1n) is 11.6. The molecule has 10 heteroatoms. The average Bonchev–Trinajstić information content (AvgIpc) is 2.85. The van der Waals surface area contributed by atoms with E-state index in [2.05, 4.69) is 19.8 Å². The van der Waals surface area contributed by atoms with E-state index in [1.807, 2.05) is 38.1 Å². The number of ether oxygens (including phenoxy) is 1. The second kappa shape index (κ2) is 10.0. The van der Waals surface area contributed by atoms with Crippen molar-refractivity contribution in [1.82, 2.24) is 15.1 Å². The number of hydrogen-bond donors (Lipinski definition) is 1. The highest BCUT2D eigenvalue weighted by Gasteiger charge is 2.31. The summed E-state index contributed by atoms with van der Waals surface area (Å²) in [6.45, 7) is 5.48. The fourth-order valence-corrected chi connectivity index (χ4v) is 4.44. The fraction of sp³-hybridized carbons (Fsp3) is 0.346. The van der Waals surface area contributed by atoms with Gasteiger partial charge >= 0.3 is 6.36 Å². The Morgan fingerprint density at radius 1 is 1.00 bits per heavy atom. The molecule has 7 nitrogen and oxygen atoms in total. The number of nitrogen functional groups attached to an aromatic ring is 1. The van der Waals surface area contributed by atoms with Gasteiger partial charge in [0.05, 0.1) is 5.69 Å². The lowest BCUT2D eigenvalue weighted by Gasteiger charge is -2.37. The van der Waals surface area contributed by atoms with Crippen molar-refractivity contribution in [2.24, 2.45) is 0 Å². The fourth-order valence-electron chi connectivity index (χ4n) is 4.44. The van der Waals surface area contributed by atoms with E-state index in [4.69, 9.17) is 5.73 Å². The quantitative estimate of drug-likeness (QED) is 0.499. The third-order valence-corrected chi connectivity index (χ3v) is 6.65. The number of carbonyl (C=O) groups excluding carboxylic acids is 1. The number of rotatable bonds is 5. The second-order valence-electron chi connectivity index (χ2n) is 8.95. The van der Waals surface area contributed by atoms with Gasteiger partial charge < -0.3 is 20.3 Å². The lowest BCUT2D eigenvalue weighted by Crippen LogP contribution is -2.46. The highest BCUT2D eigenvalue weighted by molar-refractivity contribution is 5.94. The summed E-state index contributed by atoms with van der Waals surface area (Å²) in [5.41, 5.74) is 10.7. The van der Waals surface area contributed by atoms with Crippen LogP contribution in [0.2, 0.25) is 0 Å². The van der Waals surface area contributed by atoms with Crippen LogP contribution in [0.3, 0.4) is 0 Å². The monoisotopic (exact) mass is 499 g/mol. The molecule has 2 heterocycles. The summed E-state index contributed by atoms with van der Waals surface area (Å²) in [4.78, 5) is 16.7. The molecule has 1 saturated heterocycles. The van der Waals surface area contributed by atoms with Gasteiger partial charge in [-0.15, -0.1) is 23.4 Å². The maximum atomic E-state index is 12.9. The molecule has 2 N–H and O–H groups in total. The van der Waals surface area contributed by atoms with Gasteiger partial charge in [-0.2, -0.15) is 0 Å². The summed E-state index contributed by atoms with van der Waals surface area (Å²) >= 11 is 0. The van der Waals surface area contributed by atoms with E-state index < -0.39 is 6.36 Å². The lowest BCUT2D eigenvalue weighted by molar-refractivity contribution is -0.274. The average molecular weight is 500 g/mol. The molecule has 36 heavy (non-hydrogen) atoms. The maximum absolute atomic E-state index is 12.9. The Morgan fingerprint density at radius 3 is 2.19 bits per heavy atom. The summed E-state index contributed by atoms with van der Waals surface area (Å²) in [5.74, 6) is 0.232. The van der Waals surface area contributed by atoms with Crippen molar-refractivity contribution in [3.63, 3.8) is 0 Å². The van der Waals surface area contributed by atoms with Gasteiger partial charge in [0.2, 0.25) is 0 Å². The SMILES string of the molecule is Cc1c(-c2ccc(N)cc2)nnc(N2CCC(N(C)C(=O)c3ccc(OC(F)(F)F)cc3)CC2)c1C. The molecule has 1 aliphatic rings. The second-order valence-corrected chi connectivity index (χ2v) is 8.95. The molecule has 190 valence electrons. The Hall–Kier alpha value is -3.82. The predicted octanol–water partition coefficient (Wildman–Crippen LogP) is 4.98. The van der Waals surface area contributed by atoms with Gasteiger partial charge in [-0.05, 0) is 74.2 Å². The number of amides is 1. The first-order chi connectivity index (χ1) is 17.0. The molecule has 2 aromatic carbocycles. The van der Waals surface area contributed by atoms with Crippen LogP contribution < -0.4 is 15.4 Å². The zero-order valence-electron chi connectivity index (χ0n) is 20.3. The van der Waals surface area contributed by atoms with Gasteiger partial charge in [0.25, 0.3) is 5.91 Å². The third kappa shape index (κ3) is 5.53. The number of hydrogen-bond acceptors (Lipinski definition) is 6. The van der Waals surface area contributed by atoms with E-state index in [-0.39, 0.29) is 17.7 Å². The smallest absolute Gasteiger partial charge is 0.406 e. The zero-order valence-corrected chi connectivity index (χ0v) is 20.3. The number of benzene rings is 2. The lowest BCUT2D eigenvalue weighted by atomic mass is 10.00. The zero-order chi connectivity index (χ0) is 26.0. The van der Waals surface area contributed by atoms with E-state index in [0.29, 0.717) is 24.3 Å². The number of nitrogens with zero attached hydrogens (tertiary/aromatic N) is 4. The minimum absolute atomic E-state index is 0.00302. The van der Waals surface area contributed by atoms with E-state index in [1.54, 1.807) is 11.9 Å². The number of carbonyl (C=O) groups is 1. The number of halogens is 3. The molecular formula is C26H28F3N5O2. The topological polar surface area (TPSA) is 84.6 Å². The molecule has 0 radical (unpaired) electrons. The number of aromatic nitrogens is 2. The van der Waals surface area contributed by atoms with Crippen LogP contribution in [-0.4, -0.2) is 53.5 Å². The molecule has 0 saturated carbocycles. The minimum atomic E-state index is -4.77. The molecule has 0 spiro atoms. The maximum Gasteiger partial charge on any atom is 0.573 e. The Bertz CT molecular complexity index is 1220. The summed E-state index contributed by atoms with van der Waals surface area (Å²) < 4.78 is 41.0. The molecule has 4 rings (SSSR count). The van der Waals surface area contributed by atoms with Crippen LogP contribution in [0.25, 0.3) is 11.3 Å². The van der Waals surface area contributed by atoms with Gasteiger partial charge in [0.15, 0.2) is 5.82 Å². The first kappa shape index (κ1) is 25.3. The molecule has 0 aliphatic carbocycles. The largest absolute Gasteiger partial charge is 0.573 e. The van der Waals surface area contributed by atoms with Crippen molar-refractivity contribution in [3.05, 3.63) is 65.2 Å². The van der Waals surface area contributed by atoms with Gasteiger partial charge in [-0.25, -0.2) is 0 Å². The van der Waals surface area contributed by atoms with Crippen molar-refractivity contribution in [2.45, 2.75) is 39.1 Å². The molecule has 1 fully saturated rings. The molecular weight excluding hydrogens is 471 g/mol. The predicted molar refractivity (Wildman–Crippen MR) is 132 cm³/mol. The van der Waals surface area contributed by atoms with Gasteiger partial charge in [-0.1, -0.05) is 12.1 Å². The highest BCUT2D eigenvalue weighted by Crippen LogP contribution is 2.30. The number of piperidine rings is 1. The molecule has 3 aromatic rings. The Morgan fingerprint density at radius 2 is 1.61 bits per heavy atom. The normalized spacial score (nSPS) is 14.6. The van der Waals surface area contributed by atoms with E-state index in [0.717, 1.165) is 53.2 Å². The molecule has 0 bridgehead atoms. The van der Waals surface area contributed by atoms with E-state index >= 15 is 0 Å². The number of nitrogens with two attached hydrogens (primary N) is 1. The Balaban J connectivity index is 1.40. The number of anilines is 2. The summed E-state index contributed by atoms with van der Waals surface area (Å²) in [7, 11) is 1.72. The van der Waals surface area contributed by atoms with Crippen molar-refractivity contribution in [1.29, 1.82) is 0 Å². The molecule has 0 atom stereocenters. The third-order valence-electron chi connectivity index (χ3n) is 6.65. The van der Waals surface area contributed by atoms with Crippen molar-refractivity contribution >= 4 is 17.4 Å². The first-order valence-corrected chi connectivity index (χ1v) is 11.6. The van der Waals surface area contributed by atoms with E-state index in [9.17, 15) is 18.0 Å². The van der Waals surface area contributed by atoms with Crippen LogP contribution in [0.15, 0.2) is 48.5 Å². The highest BCUT2D eigenvalue weighted by atomic mass is 19.4. The van der Waals surface area contributed by atoms with Crippen LogP contribution in [0.4, 0.5) is 24.7 Å². The standard InChI is InChI=1S/C26H28F3N5O2/c1-16-17(2)24(32-31-23(16)18-4-8-20(30)9-5-18)34-14-12-21(13-15-34)33(3)25(35)19-6-10-22(11-7-19)36-26(27,28)29/h4-11,21H,12-15,30H2,1-3H3. The van der Waals surface area contributed by atoms with Crippen LogP contribution in [-0.2, 0) is 0 Å². The van der Waals surface area contributed by atoms with Crippen LogP contribution in [0, 0.1) is 13.8 Å². The van der Waals surface area contributed by atoms with Crippen molar-refractivity contribution in [2.75, 3.05) is 30.8 Å². The summed E-state index contributed by atoms with van der Waals surface area (Å²) in [6, 6.07) is 12.5. The minimum Gasteiger partial charge on any atom is -0.406 e. The number of alkyl halides is 3. The van der Waals surface area contributed by atoms with Gasteiger partial charge in [-0.3, -0.25) is 4.79 Å². The van der Waals surface area contributed by atoms with Gasteiger partial charge in [0.1, 0.15) is 5.75 Å². The molecule has 1 aromatic heterocycles. The van der Waals surface area contributed by atoms with Crippen LogP contribution >= 0.6 is 0 Å². The van der Waals surface area contributed by atoms with Crippen LogP contribution in [0.1, 0.15) is 34.3 Å². The Labute approximate surface area is 207 Å². The molecule has 0 unspecified atom stereocenters. The summed E-state index contributed by atoms with van der Waals surface area (Å²) in [6.07, 6.45) is -3.30. The molecule has 1 aliphatic heterocycles. The van der Waals surface area contributed by atoms with E-state index in [1.165, 1.54) is 12.1 Å². The van der Waals surface area contributed by atoms with Crippen LogP contribution in [0.5, 0.6) is 5.75 Å². The Kier molecular flexibility index (Phi) is 7.05. The van der Waals surface area contributed by atoms with Crippen molar-refractivity contribution in [3.8, 4) is 17.0 Å². The molecule has 1 amide bonds. The van der Waals surface area contributed by atoms with Crippen molar-refractivity contribution < 1.29 is 22.7 Å². The summed E-state index contributed by atoms with van der Waals surface area (Å²) in [5, 5.41) is 9.01. The van der Waals surface area contributed by atoms with Gasteiger partial charge in [0, 0.05) is 43.0 Å².